The van der Waals surface area contributed by atoms with Gasteiger partial charge in [0.25, 0.3) is 5.56 Å². The van der Waals surface area contributed by atoms with E-state index >= 15 is 0 Å². The first-order valence-electron chi connectivity index (χ1n) is 6.13. The minimum atomic E-state index is -0.984. The van der Waals surface area contributed by atoms with Crippen molar-refractivity contribution in [2.24, 2.45) is 0 Å². The lowest BCUT2D eigenvalue weighted by atomic mass is 9.96. The Bertz CT molecular complexity index is 534. The Hall–Kier alpha value is -1.89. The van der Waals surface area contributed by atoms with Gasteiger partial charge in [0.1, 0.15) is 23.9 Å². The topological polar surface area (TPSA) is 95.5 Å². The Balaban J connectivity index is 2.01. The average molecular weight is 267 g/mol. The SMILES string of the molecule is CCc1nc(N2CC(C)(OCC(=O)O)C2)cc(=O)[nH]1. The molecule has 1 aromatic heterocycles. The number of hydrogen-bond acceptors (Lipinski definition) is 5. The van der Waals surface area contributed by atoms with Crippen molar-refractivity contribution in [3.8, 4) is 0 Å². The lowest BCUT2D eigenvalue weighted by molar-refractivity contribution is -0.150. The first kappa shape index (κ1) is 13.5. The molecule has 0 aliphatic carbocycles. The van der Waals surface area contributed by atoms with E-state index in [0.29, 0.717) is 31.2 Å². The molecule has 1 aliphatic heterocycles. The van der Waals surface area contributed by atoms with E-state index < -0.39 is 11.6 Å². The van der Waals surface area contributed by atoms with E-state index in [1.807, 2.05) is 18.7 Å². The van der Waals surface area contributed by atoms with Crippen LogP contribution in [0.25, 0.3) is 0 Å². The van der Waals surface area contributed by atoms with Crippen LogP contribution in [0.3, 0.4) is 0 Å². The normalized spacial score (nSPS) is 17.1. The van der Waals surface area contributed by atoms with Gasteiger partial charge in [0.05, 0.1) is 0 Å². The van der Waals surface area contributed by atoms with E-state index in [9.17, 15) is 9.59 Å². The number of anilines is 1. The maximum absolute atomic E-state index is 11.5. The first-order valence-corrected chi connectivity index (χ1v) is 6.13. The molecule has 0 saturated carbocycles. The molecule has 0 atom stereocenters. The summed E-state index contributed by atoms with van der Waals surface area (Å²) in [6.45, 7) is 4.51. The largest absolute Gasteiger partial charge is 0.480 e. The maximum Gasteiger partial charge on any atom is 0.329 e. The maximum atomic E-state index is 11.5. The molecule has 0 amide bonds. The van der Waals surface area contributed by atoms with Crippen LogP contribution < -0.4 is 10.5 Å². The number of nitrogens with zero attached hydrogens (tertiary/aromatic N) is 2. The fraction of sp³-hybridized carbons (Fsp3) is 0.583. The molecule has 0 aromatic carbocycles. The summed E-state index contributed by atoms with van der Waals surface area (Å²) in [6.07, 6.45) is 0.656. The van der Waals surface area contributed by atoms with E-state index in [1.54, 1.807) is 0 Å². The van der Waals surface area contributed by atoms with Crippen LogP contribution in [0.1, 0.15) is 19.7 Å². The summed E-state index contributed by atoms with van der Waals surface area (Å²) in [4.78, 5) is 30.8. The van der Waals surface area contributed by atoms with Gasteiger partial charge in [-0.3, -0.25) is 4.79 Å². The van der Waals surface area contributed by atoms with Crippen LogP contribution in [0.4, 0.5) is 5.82 Å². The summed E-state index contributed by atoms with van der Waals surface area (Å²) in [7, 11) is 0. The van der Waals surface area contributed by atoms with Gasteiger partial charge >= 0.3 is 5.97 Å². The zero-order chi connectivity index (χ0) is 14.0. The van der Waals surface area contributed by atoms with Gasteiger partial charge in [-0.25, -0.2) is 9.78 Å². The third-order valence-electron chi connectivity index (χ3n) is 3.03. The number of aromatic amines is 1. The Morgan fingerprint density at radius 3 is 2.89 bits per heavy atom. The number of carbonyl (C=O) groups is 1. The summed E-state index contributed by atoms with van der Waals surface area (Å²) in [5, 5.41) is 8.59. The lowest BCUT2D eigenvalue weighted by Gasteiger charge is -2.47. The molecule has 1 aliphatic rings. The molecule has 1 aromatic rings. The molecular formula is C12H17N3O4. The van der Waals surface area contributed by atoms with Crippen molar-refractivity contribution < 1.29 is 14.6 Å². The number of carboxylic acids is 1. The van der Waals surface area contributed by atoms with Gasteiger partial charge in [0.15, 0.2) is 0 Å². The lowest BCUT2D eigenvalue weighted by Crippen LogP contribution is -2.62. The second-order valence-electron chi connectivity index (χ2n) is 4.89. The van der Waals surface area contributed by atoms with Crippen LogP contribution in [0.5, 0.6) is 0 Å². The van der Waals surface area contributed by atoms with Gasteiger partial charge in [-0.05, 0) is 6.92 Å². The number of aliphatic carboxylic acids is 1. The summed E-state index contributed by atoms with van der Waals surface area (Å²) < 4.78 is 5.31. The van der Waals surface area contributed by atoms with Crippen LogP contribution in [0.2, 0.25) is 0 Å². The van der Waals surface area contributed by atoms with Crippen LogP contribution in [-0.2, 0) is 16.0 Å². The van der Waals surface area contributed by atoms with Gasteiger partial charge in [0.2, 0.25) is 0 Å². The van der Waals surface area contributed by atoms with Gasteiger partial charge < -0.3 is 19.7 Å². The third kappa shape index (κ3) is 3.11. The quantitative estimate of drug-likeness (QED) is 0.780. The molecule has 0 spiro atoms. The van der Waals surface area contributed by atoms with Crippen molar-refractivity contribution >= 4 is 11.8 Å². The van der Waals surface area contributed by atoms with Crippen molar-refractivity contribution in [2.75, 3.05) is 24.6 Å². The first-order chi connectivity index (χ1) is 8.92. The highest BCUT2D eigenvalue weighted by Crippen LogP contribution is 2.28. The number of ether oxygens (including phenoxy) is 1. The molecule has 2 rings (SSSR count). The second kappa shape index (κ2) is 5.00. The fourth-order valence-corrected chi connectivity index (χ4v) is 2.07. The van der Waals surface area contributed by atoms with E-state index in [4.69, 9.17) is 9.84 Å². The molecule has 7 heteroatoms. The molecule has 19 heavy (non-hydrogen) atoms. The Labute approximate surface area is 110 Å². The molecule has 7 nitrogen and oxygen atoms in total. The number of nitrogens with one attached hydrogen (secondary N) is 1. The molecule has 0 radical (unpaired) electrons. The smallest absolute Gasteiger partial charge is 0.329 e. The fourth-order valence-electron chi connectivity index (χ4n) is 2.07. The van der Waals surface area contributed by atoms with E-state index in [2.05, 4.69) is 9.97 Å². The standard InChI is InChI=1S/C12H17N3O4/c1-3-8-13-9(4-10(16)14-8)15-6-12(2,7-15)19-5-11(17)18/h4H,3,5-7H2,1-2H3,(H,17,18)(H,13,14,16). The number of aryl methyl sites for hydroxylation is 1. The van der Waals surface area contributed by atoms with Crippen molar-refractivity contribution in [3.63, 3.8) is 0 Å². The summed E-state index contributed by atoms with van der Waals surface area (Å²) in [5.74, 6) is 0.266. The number of rotatable bonds is 5. The number of carboxylic acid groups (broad SMARTS) is 1. The van der Waals surface area contributed by atoms with E-state index in [-0.39, 0.29) is 12.2 Å². The van der Waals surface area contributed by atoms with Crippen molar-refractivity contribution in [1.82, 2.24) is 9.97 Å². The average Bonchev–Trinajstić information content (AvgIpc) is 2.32. The molecule has 1 saturated heterocycles. The highest BCUT2D eigenvalue weighted by molar-refractivity contribution is 5.68. The van der Waals surface area contributed by atoms with E-state index in [0.717, 1.165) is 0 Å². The summed E-state index contributed by atoms with van der Waals surface area (Å²) >= 11 is 0. The third-order valence-corrected chi connectivity index (χ3v) is 3.03. The van der Waals surface area contributed by atoms with Crippen LogP contribution in [0, 0.1) is 0 Å². The number of H-pyrrole nitrogens is 1. The molecule has 1 fully saturated rings. The van der Waals surface area contributed by atoms with E-state index in [1.165, 1.54) is 6.07 Å². The second-order valence-corrected chi connectivity index (χ2v) is 4.89. The minimum Gasteiger partial charge on any atom is -0.480 e. The Kier molecular flexibility index (Phi) is 3.57. The molecular weight excluding hydrogens is 250 g/mol. The monoisotopic (exact) mass is 267 g/mol. The zero-order valence-electron chi connectivity index (χ0n) is 11.0. The Morgan fingerprint density at radius 1 is 1.63 bits per heavy atom. The predicted molar refractivity (Wildman–Crippen MR) is 68.4 cm³/mol. The number of hydrogen-bond donors (Lipinski definition) is 2. The van der Waals surface area contributed by atoms with Crippen LogP contribution in [0.15, 0.2) is 10.9 Å². The highest BCUT2D eigenvalue weighted by Gasteiger charge is 2.41. The molecule has 0 unspecified atom stereocenters. The molecule has 0 bridgehead atoms. The molecule has 2 N–H and O–H groups in total. The molecule has 104 valence electrons. The van der Waals surface area contributed by atoms with Crippen molar-refractivity contribution in [3.05, 3.63) is 22.2 Å². The summed E-state index contributed by atoms with van der Waals surface area (Å²) in [6, 6.07) is 1.44. The molecule has 2 heterocycles. The van der Waals surface area contributed by atoms with Crippen LogP contribution >= 0.6 is 0 Å². The predicted octanol–water partition coefficient (Wildman–Crippen LogP) is 0.0122. The number of aromatic nitrogens is 2. The van der Waals surface area contributed by atoms with Crippen molar-refractivity contribution in [1.29, 1.82) is 0 Å². The van der Waals surface area contributed by atoms with Gasteiger partial charge in [-0.15, -0.1) is 0 Å². The Morgan fingerprint density at radius 2 is 2.32 bits per heavy atom. The van der Waals surface area contributed by atoms with Gasteiger partial charge in [-0.1, -0.05) is 6.92 Å². The van der Waals surface area contributed by atoms with Gasteiger partial charge in [-0.2, -0.15) is 0 Å². The van der Waals surface area contributed by atoms with Gasteiger partial charge in [0, 0.05) is 25.6 Å². The highest BCUT2D eigenvalue weighted by atomic mass is 16.5. The zero-order valence-corrected chi connectivity index (χ0v) is 11.0. The minimum absolute atomic E-state index is 0.179. The van der Waals surface area contributed by atoms with Crippen molar-refractivity contribution in [2.45, 2.75) is 25.9 Å². The summed E-state index contributed by atoms with van der Waals surface area (Å²) in [5.41, 5.74) is -0.670. The van der Waals surface area contributed by atoms with Crippen LogP contribution in [-0.4, -0.2) is 46.3 Å².